The van der Waals surface area contributed by atoms with Crippen LogP contribution in [0.3, 0.4) is 0 Å². The van der Waals surface area contributed by atoms with E-state index in [0.717, 1.165) is 0 Å². The molecule has 1 fully saturated rings. The number of anilines is 1. The molecule has 0 heterocycles. The SMILES string of the molecule is CC1(C)CC(=O)C(=C(O)/C=C\Nc2cc(Cl)ccc2Cl)C(=O)C1. The summed E-state index contributed by atoms with van der Waals surface area (Å²) in [5.41, 5.74) is 0.0454. The number of carbonyl (C=O) groups is 2. The Morgan fingerprint density at radius 1 is 1.22 bits per heavy atom. The molecule has 0 radical (unpaired) electrons. The summed E-state index contributed by atoms with van der Waals surface area (Å²) in [6.45, 7) is 3.71. The summed E-state index contributed by atoms with van der Waals surface area (Å²) in [7, 11) is 0. The van der Waals surface area contributed by atoms with Crippen molar-refractivity contribution in [3.8, 4) is 0 Å². The zero-order chi connectivity index (χ0) is 17.2. The quantitative estimate of drug-likeness (QED) is 0.470. The van der Waals surface area contributed by atoms with Gasteiger partial charge < -0.3 is 10.4 Å². The third-order valence-corrected chi connectivity index (χ3v) is 4.07. The molecule has 0 bridgehead atoms. The fourth-order valence-corrected chi connectivity index (χ4v) is 2.80. The van der Waals surface area contributed by atoms with Crippen molar-refractivity contribution in [3.05, 3.63) is 51.9 Å². The number of benzene rings is 1. The Balaban J connectivity index is 2.17. The summed E-state index contributed by atoms with van der Waals surface area (Å²) in [6, 6.07) is 4.91. The maximum Gasteiger partial charge on any atom is 0.170 e. The number of aliphatic hydroxyl groups excluding tert-OH is 1. The molecule has 0 aliphatic heterocycles. The van der Waals surface area contributed by atoms with Gasteiger partial charge in [0.15, 0.2) is 11.6 Å². The lowest BCUT2D eigenvalue weighted by Crippen LogP contribution is -2.32. The van der Waals surface area contributed by atoms with Crippen molar-refractivity contribution in [1.29, 1.82) is 0 Å². The van der Waals surface area contributed by atoms with Gasteiger partial charge >= 0.3 is 0 Å². The highest BCUT2D eigenvalue weighted by molar-refractivity contribution is 6.35. The molecule has 1 aromatic carbocycles. The summed E-state index contributed by atoms with van der Waals surface area (Å²) in [4.78, 5) is 24.1. The number of nitrogens with one attached hydrogen (secondary N) is 1. The normalized spacial score (nSPS) is 17.7. The van der Waals surface area contributed by atoms with Crippen molar-refractivity contribution in [2.75, 3.05) is 5.32 Å². The van der Waals surface area contributed by atoms with E-state index >= 15 is 0 Å². The molecule has 1 aromatic rings. The molecule has 6 heteroatoms. The van der Waals surface area contributed by atoms with Crippen LogP contribution in [0.2, 0.25) is 10.0 Å². The molecule has 2 rings (SSSR count). The highest BCUT2D eigenvalue weighted by atomic mass is 35.5. The van der Waals surface area contributed by atoms with Gasteiger partial charge in [0.25, 0.3) is 0 Å². The maximum absolute atomic E-state index is 12.1. The summed E-state index contributed by atoms with van der Waals surface area (Å²) in [5.74, 6) is -1.02. The second kappa shape index (κ2) is 6.77. The summed E-state index contributed by atoms with van der Waals surface area (Å²) < 4.78 is 0. The second-order valence-electron chi connectivity index (χ2n) is 6.23. The molecule has 0 aromatic heterocycles. The minimum atomic E-state index is -0.367. The monoisotopic (exact) mass is 353 g/mol. The van der Waals surface area contributed by atoms with Gasteiger partial charge in [-0.2, -0.15) is 0 Å². The molecule has 0 spiro atoms. The van der Waals surface area contributed by atoms with Crippen molar-refractivity contribution < 1.29 is 14.7 Å². The number of halogens is 2. The molecular weight excluding hydrogens is 337 g/mol. The van der Waals surface area contributed by atoms with Gasteiger partial charge in [0, 0.05) is 24.1 Å². The smallest absolute Gasteiger partial charge is 0.170 e. The number of Topliss-reactive ketones (excluding diaryl/α,β-unsaturated/α-hetero) is 2. The predicted molar refractivity (Wildman–Crippen MR) is 91.9 cm³/mol. The van der Waals surface area contributed by atoms with Crippen LogP contribution in [0.15, 0.2) is 41.8 Å². The van der Waals surface area contributed by atoms with Crippen LogP contribution in [0.25, 0.3) is 0 Å². The Hall–Kier alpha value is -1.78. The first-order chi connectivity index (χ1) is 10.7. The lowest BCUT2D eigenvalue weighted by atomic mass is 9.74. The number of hydrogen-bond donors (Lipinski definition) is 2. The van der Waals surface area contributed by atoms with E-state index in [9.17, 15) is 14.7 Å². The van der Waals surface area contributed by atoms with Gasteiger partial charge in [0.2, 0.25) is 0 Å². The molecule has 0 amide bonds. The highest BCUT2D eigenvalue weighted by Gasteiger charge is 2.37. The Morgan fingerprint density at radius 2 is 1.83 bits per heavy atom. The molecule has 122 valence electrons. The fraction of sp³-hybridized carbons (Fsp3) is 0.294. The first-order valence-corrected chi connectivity index (χ1v) is 7.83. The standard InChI is InChI=1S/C17H17Cl2NO3/c1-17(2)8-14(22)16(15(23)9-17)13(21)5-6-20-12-7-10(18)3-4-11(12)19/h3-7,20-21H,8-9H2,1-2H3/b6-5-. The number of hydrogen-bond acceptors (Lipinski definition) is 4. The first-order valence-electron chi connectivity index (χ1n) is 7.07. The van der Waals surface area contributed by atoms with Gasteiger partial charge in [-0.05, 0) is 29.7 Å². The molecule has 1 aliphatic carbocycles. The number of ketones is 2. The largest absolute Gasteiger partial charge is 0.507 e. The number of rotatable bonds is 3. The van der Waals surface area contributed by atoms with Gasteiger partial charge in [0.1, 0.15) is 11.3 Å². The van der Waals surface area contributed by atoms with Crippen LogP contribution in [-0.2, 0) is 9.59 Å². The summed E-state index contributed by atoms with van der Waals surface area (Å²) >= 11 is 11.9. The molecule has 0 atom stereocenters. The van der Waals surface area contributed by atoms with Gasteiger partial charge in [-0.3, -0.25) is 9.59 Å². The number of aliphatic hydroxyl groups is 1. The molecule has 4 nitrogen and oxygen atoms in total. The van der Waals surface area contributed by atoms with Crippen molar-refractivity contribution in [2.24, 2.45) is 5.41 Å². The van der Waals surface area contributed by atoms with Crippen molar-refractivity contribution in [1.82, 2.24) is 0 Å². The van der Waals surface area contributed by atoms with E-state index in [0.29, 0.717) is 15.7 Å². The van der Waals surface area contributed by atoms with Gasteiger partial charge in [-0.25, -0.2) is 0 Å². The minimum absolute atomic E-state index is 0.139. The first kappa shape index (κ1) is 17.6. The van der Waals surface area contributed by atoms with Crippen LogP contribution < -0.4 is 5.32 Å². The van der Waals surface area contributed by atoms with E-state index in [1.165, 1.54) is 12.3 Å². The van der Waals surface area contributed by atoms with Gasteiger partial charge in [-0.1, -0.05) is 37.0 Å². The molecular formula is C17H17Cl2NO3. The Bertz CT molecular complexity index is 699. The average Bonchev–Trinajstić information content (AvgIpc) is 2.40. The van der Waals surface area contributed by atoms with E-state index in [4.69, 9.17) is 23.2 Å². The molecule has 0 unspecified atom stereocenters. The lowest BCUT2D eigenvalue weighted by molar-refractivity contribution is -0.127. The van der Waals surface area contributed by atoms with Crippen molar-refractivity contribution in [2.45, 2.75) is 26.7 Å². The van der Waals surface area contributed by atoms with E-state index < -0.39 is 0 Å². The van der Waals surface area contributed by atoms with Gasteiger partial charge in [0.05, 0.1) is 10.7 Å². The highest BCUT2D eigenvalue weighted by Crippen LogP contribution is 2.34. The summed E-state index contributed by atoms with van der Waals surface area (Å²) in [6.07, 6.45) is 3.14. The Labute approximate surface area is 144 Å². The zero-order valence-corrected chi connectivity index (χ0v) is 14.3. The fourth-order valence-electron chi connectivity index (χ4n) is 2.45. The van der Waals surface area contributed by atoms with E-state index in [2.05, 4.69) is 5.32 Å². The Kier molecular flexibility index (Phi) is 5.17. The average molecular weight is 354 g/mol. The molecule has 1 aliphatic rings. The molecule has 0 saturated heterocycles. The third kappa shape index (κ3) is 4.36. The Morgan fingerprint density at radius 3 is 2.43 bits per heavy atom. The van der Waals surface area contributed by atoms with Crippen LogP contribution in [0.1, 0.15) is 26.7 Å². The zero-order valence-electron chi connectivity index (χ0n) is 12.8. The minimum Gasteiger partial charge on any atom is -0.507 e. The van der Waals surface area contributed by atoms with E-state index in [1.54, 1.807) is 18.2 Å². The second-order valence-corrected chi connectivity index (χ2v) is 7.07. The molecule has 23 heavy (non-hydrogen) atoms. The molecule has 2 N–H and O–H groups in total. The van der Waals surface area contributed by atoms with Crippen LogP contribution in [-0.4, -0.2) is 16.7 Å². The maximum atomic E-state index is 12.1. The van der Waals surface area contributed by atoms with E-state index in [-0.39, 0.29) is 41.2 Å². The summed E-state index contributed by atoms with van der Waals surface area (Å²) in [5, 5.41) is 13.9. The number of carbonyl (C=O) groups excluding carboxylic acids is 2. The van der Waals surface area contributed by atoms with E-state index in [1.807, 2.05) is 13.8 Å². The molecule has 1 saturated carbocycles. The predicted octanol–water partition coefficient (Wildman–Crippen LogP) is 4.69. The van der Waals surface area contributed by atoms with Crippen LogP contribution >= 0.6 is 23.2 Å². The lowest BCUT2D eigenvalue weighted by Gasteiger charge is -2.28. The third-order valence-electron chi connectivity index (χ3n) is 3.50. The van der Waals surface area contributed by atoms with Crippen LogP contribution in [0.5, 0.6) is 0 Å². The van der Waals surface area contributed by atoms with Crippen molar-refractivity contribution >= 4 is 40.5 Å². The van der Waals surface area contributed by atoms with Crippen molar-refractivity contribution in [3.63, 3.8) is 0 Å². The topological polar surface area (TPSA) is 66.4 Å². The van der Waals surface area contributed by atoms with Crippen LogP contribution in [0.4, 0.5) is 5.69 Å². The number of allylic oxidation sites excluding steroid dienone is 2. The van der Waals surface area contributed by atoms with Gasteiger partial charge in [-0.15, -0.1) is 0 Å². The van der Waals surface area contributed by atoms with Crippen LogP contribution in [0, 0.1) is 5.41 Å².